The predicted molar refractivity (Wildman–Crippen MR) is 77.7 cm³/mol. The monoisotopic (exact) mass is 261 g/mol. The molecule has 96 valence electrons. The summed E-state index contributed by atoms with van der Waals surface area (Å²) in [6.45, 7) is 3.19. The Hall–Kier alpha value is -1.39. The molecule has 0 radical (unpaired) electrons. The molecule has 0 aliphatic carbocycles. The van der Waals surface area contributed by atoms with Gasteiger partial charge in [-0.2, -0.15) is 0 Å². The van der Waals surface area contributed by atoms with Crippen molar-refractivity contribution >= 4 is 16.5 Å². The van der Waals surface area contributed by atoms with Gasteiger partial charge in [0.15, 0.2) is 5.13 Å². The molecule has 0 bridgehead atoms. The van der Waals surface area contributed by atoms with Gasteiger partial charge in [0.2, 0.25) is 0 Å². The SMILES string of the molecule is CCCNC(Cc1csc(N)n1)c1ccccc1. The molecule has 0 spiro atoms. The molecule has 0 fully saturated rings. The lowest BCUT2D eigenvalue weighted by atomic mass is 10.0. The van der Waals surface area contributed by atoms with Crippen molar-refractivity contribution in [1.82, 2.24) is 10.3 Å². The first-order valence-electron chi connectivity index (χ1n) is 6.27. The number of thiazole rings is 1. The van der Waals surface area contributed by atoms with Crippen LogP contribution >= 0.6 is 11.3 Å². The third-order valence-corrected chi connectivity index (χ3v) is 3.55. The third kappa shape index (κ3) is 3.55. The molecule has 18 heavy (non-hydrogen) atoms. The van der Waals surface area contributed by atoms with Crippen LogP contribution in [0, 0.1) is 0 Å². The molecule has 0 aliphatic rings. The molecule has 0 saturated heterocycles. The lowest BCUT2D eigenvalue weighted by molar-refractivity contribution is 0.525. The first kappa shape index (κ1) is 13.1. The van der Waals surface area contributed by atoms with Crippen LogP contribution in [0.5, 0.6) is 0 Å². The molecule has 1 heterocycles. The van der Waals surface area contributed by atoms with Gasteiger partial charge < -0.3 is 11.1 Å². The van der Waals surface area contributed by atoms with Gasteiger partial charge in [-0.15, -0.1) is 11.3 Å². The molecule has 3 nitrogen and oxygen atoms in total. The highest BCUT2D eigenvalue weighted by atomic mass is 32.1. The Balaban J connectivity index is 2.10. The minimum absolute atomic E-state index is 0.313. The molecule has 1 aromatic heterocycles. The van der Waals surface area contributed by atoms with E-state index in [1.165, 1.54) is 16.9 Å². The maximum Gasteiger partial charge on any atom is 0.180 e. The summed E-state index contributed by atoms with van der Waals surface area (Å²) in [4.78, 5) is 4.34. The number of hydrogen-bond donors (Lipinski definition) is 2. The van der Waals surface area contributed by atoms with Crippen LogP contribution in [0.15, 0.2) is 35.7 Å². The van der Waals surface area contributed by atoms with E-state index < -0.39 is 0 Å². The number of nitrogens with two attached hydrogens (primary N) is 1. The Morgan fingerprint density at radius 2 is 2.11 bits per heavy atom. The van der Waals surface area contributed by atoms with Crippen molar-refractivity contribution in [2.45, 2.75) is 25.8 Å². The van der Waals surface area contributed by atoms with Crippen molar-refractivity contribution in [3.63, 3.8) is 0 Å². The van der Waals surface area contributed by atoms with E-state index >= 15 is 0 Å². The summed E-state index contributed by atoms with van der Waals surface area (Å²) in [5.74, 6) is 0. The zero-order valence-corrected chi connectivity index (χ0v) is 11.4. The highest BCUT2D eigenvalue weighted by Gasteiger charge is 2.12. The Morgan fingerprint density at radius 1 is 1.33 bits per heavy atom. The van der Waals surface area contributed by atoms with Crippen LogP contribution in [0.25, 0.3) is 0 Å². The van der Waals surface area contributed by atoms with Crippen LogP contribution < -0.4 is 11.1 Å². The Kier molecular flexibility index (Phi) is 4.73. The summed E-state index contributed by atoms with van der Waals surface area (Å²) in [5, 5.41) is 6.25. The highest BCUT2D eigenvalue weighted by Crippen LogP contribution is 2.20. The first-order valence-corrected chi connectivity index (χ1v) is 7.15. The number of anilines is 1. The second-order valence-corrected chi connectivity index (χ2v) is 5.19. The number of hydrogen-bond acceptors (Lipinski definition) is 4. The molecular weight excluding hydrogens is 242 g/mol. The van der Waals surface area contributed by atoms with E-state index in [0.29, 0.717) is 11.2 Å². The highest BCUT2D eigenvalue weighted by molar-refractivity contribution is 7.13. The Bertz CT molecular complexity index is 467. The number of nitrogens with zero attached hydrogens (tertiary/aromatic N) is 1. The van der Waals surface area contributed by atoms with Crippen molar-refractivity contribution < 1.29 is 0 Å². The standard InChI is InChI=1S/C14H19N3S/c1-2-8-16-13(11-6-4-3-5-7-11)9-12-10-18-14(15)17-12/h3-7,10,13,16H,2,8-9H2,1H3,(H2,15,17). The van der Waals surface area contributed by atoms with Gasteiger partial charge in [0.25, 0.3) is 0 Å². The Morgan fingerprint density at radius 3 is 2.72 bits per heavy atom. The second-order valence-electron chi connectivity index (χ2n) is 4.30. The van der Waals surface area contributed by atoms with E-state index in [9.17, 15) is 0 Å². The molecule has 3 N–H and O–H groups in total. The number of rotatable bonds is 6. The third-order valence-electron chi connectivity index (χ3n) is 2.83. The van der Waals surface area contributed by atoms with E-state index in [-0.39, 0.29) is 0 Å². The van der Waals surface area contributed by atoms with Crippen molar-refractivity contribution in [3.05, 3.63) is 47.0 Å². The summed E-state index contributed by atoms with van der Waals surface area (Å²) in [5.41, 5.74) is 8.05. The van der Waals surface area contributed by atoms with Gasteiger partial charge in [0, 0.05) is 17.8 Å². The molecule has 2 rings (SSSR count). The fourth-order valence-electron chi connectivity index (χ4n) is 1.94. The molecule has 0 saturated carbocycles. The number of nitrogen functional groups attached to an aromatic ring is 1. The van der Waals surface area contributed by atoms with Gasteiger partial charge in [-0.3, -0.25) is 0 Å². The van der Waals surface area contributed by atoms with Crippen molar-refractivity contribution in [2.75, 3.05) is 12.3 Å². The zero-order valence-electron chi connectivity index (χ0n) is 10.6. The summed E-state index contributed by atoms with van der Waals surface area (Å²) < 4.78 is 0. The van der Waals surface area contributed by atoms with Crippen molar-refractivity contribution in [3.8, 4) is 0 Å². The quantitative estimate of drug-likeness (QED) is 0.840. The molecule has 1 atom stereocenters. The van der Waals surface area contributed by atoms with Gasteiger partial charge in [0.1, 0.15) is 0 Å². The topological polar surface area (TPSA) is 50.9 Å². The summed E-state index contributed by atoms with van der Waals surface area (Å²) >= 11 is 1.50. The molecular formula is C14H19N3S. The van der Waals surface area contributed by atoms with E-state index in [1.54, 1.807) is 0 Å². The molecule has 1 aromatic carbocycles. The van der Waals surface area contributed by atoms with Crippen LogP contribution in [0.3, 0.4) is 0 Å². The molecule has 1 unspecified atom stereocenters. The fraction of sp³-hybridized carbons (Fsp3) is 0.357. The first-order chi connectivity index (χ1) is 8.79. The zero-order chi connectivity index (χ0) is 12.8. The fourth-order valence-corrected chi connectivity index (χ4v) is 2.51. The van der Waals surface area contributed by atoms with Gasteiger partial charge in [-0.25, -0.2) is 4.98 Å². The van der Waals surface area contributed by atoms with E-state index in [2.05, 4.69) is 41.5 Å². The normalized spacial score (nSPS) is 12.5. The van der Waals surface area contributed by atoms with Gasteiger partial charge in [-0.05, 0) is 18.5 Å². The van der Waals surface area contributed by atoms with Crippen LogP contribution in [0.2, 0.25) is 0 Å². The van der Waals surface area contributed by atoms with E-state index in [0.717, 1.165) is 25.1 Å². The van der Waals surface area contributed by atoms with Crippen LogP contribution in [-0.4, -0.2) is 11.5 Å². The van der Waals surface area contributed by atoms with Crippen LogP contribution in [0.1, 0.15) is 30.6 Å². The maximum atomic E-state index is 5.68. The average molecular weight is 261 g/mol. The Labute approximate surface area is 112 Å². The number of nitrogens with one attached hydrogen (secondary N) is 1. The average Bonchev–Trinajstić information content (AvgIpc) is 2.81. The largest absolute Gasteiger partial charge is 0.375 e. The summed E-state index contributed by atoms with van der Waals surface area (Å²) in [7, 11) is 0. The van der Waals surface area contributed by atoms with Crippen LogP contribution in [-0.2, 0) is 6.42 Å². The van der Waals surface area contributed by atoms with Gasteiger partial charge in [-0.1, -0.05) is 37.3 Å². The molecule has 4 heteroatoms. The number of benzene rings is 1. The van der Waals surface area contributed by atoms with Crippen molar-refractivity contribution in [2.24, 2.45) is 0 Å². The van der Waals surface area contributed by atoms with Gasteiger partial charge in [0.05, 0.1) is 5.69 Å². The van der Waals surface area contributed by atoms with E-state index in [4.69, 9.17) is 5.73 Å². The lowest BCUT2D eigenvalue weighted by Crippen LogP contribution is -2.24. The lowest BCUT2D eigenvalue weighted by Gasteiger charge is -2.18. The molecule has 2 aromatic rings. The minimum Gasteiger partial charge on any atom is -0.375 e. The minimum atomic E-state index is 0.313. The number of aromatic nitrogens is 1. The second kappa shape index (κ2) is 6.52. The molecule has 0 amide bonds. The smallest absolute Gasteiger partial charge is 0.180 e. The maximum absolute atomic E-state index is 5.68. The van der Waals surface area contributed by atoms with Crippen LogP contribution in [0.4, 0.5) is 5.13 Å². The van der Waals surface area contributed by atoms with E-state index in [1.807, 2.05) is 11.4 Å². The molecule has 0 aliphatic heterocycles. The summed E-state index contributed by atoms with van der Waals surface area (Å²) in [6.07, 6.45) is 2.01. The van der Waals surface area contributed by atoms with Crippen molar-refractivity contribution in [1.29, 1.82) is 0 Å². The van der Waals surface area contributed by atoms with Gasteiger partial charge >= 0.3 is 0 Å². The summed E-state index contributed by atoms with van der Waals surface area (Å²) in [6, 6.07) is 10.8. The predicted octanol–water partition coefficient (Wildman–Crippen LogP) is 3.01.